The molecule has 2 aliphatic heterocycles. The molecule has 6 aromatic rings. The van der Waals surface area contributed by atoms with Crippen molar-refractivity contribution in [3.05, 3.63) is 121 Å². The van der Waals surface area contributed by atoms with Crippen LogP contribution in [0.4, 0.5) is 0 Å². The molecular formula is C43H46ClN9O6S. The number of aryl methyl sites for hydroxylation is 2. The van der Waals surface area contributed by atoms with Gasteiger partial charge in [-0.25, -0.2) is 14.5 Å². The fraction of sp³-hybridized carbons (Fsp3) is 0.326. The largest absolute Gasteiger partial charge is 0.508 e. The van der Waals surface area contributed by atoms with Gasteiger partial charge in [0.05, 0.1) is 23.4 Å². The third-order valence-electron chi connectivity index (χ3n) is 10.7. The number of H-pyrrole nitrogens is 1. The van der Waals surface area contributed by atoms with Crippen molar-refractivity contribution < 1.29 is 24.9 Å². The van der Waals surface area contributed by atoms with Gasteiger partial charge in [0, 0.05) is 66.7 Å². The Morgan fingerprint density at radius 2 is 1.60 bits per heavy atom. The summed E-state index contributed by atoms with van der Waals surface area (Å²) in [5, 5.41) is 45.8. The number of aromatic nitrogens is 6. The molecule has 0 unspecified atom stereocenters. The number of rotatable bonds is 8. The quantitative estimate of drug-likeness (QED) is 0.128. The standard InChI is InChI=1S/C41H42ClN9O4S.C2H4O2/c1-22(2)30-18-31(34(53)20-33(30)52)38-45-47-41(55)51(38)29-12-6-26(7-13-29)21-48-14-16-49(17-15-48)35(54)19-32-39-46-44-25(5)50(39)40-36(23(3)24(4)56-40)37(43-32)27-8-10-28(42)11-9-27;1-2(3)4/h6-13,18,20,22,32,52-53H,14-17,19,21H2,1-5H3,(H,47,55);1H3,(H,3,4)/t32-;/m0./s1. The van der Waals surface area contributed by atoms with Crippen molar-refractivity contribution in [2.24, 2.45) is 4.99 Å². The Hall–Kier alpha value is -6.10. The normalized spacial score (nSPS) is 15.2. The SMILES string of the molecule is CC(=O)O.Cc1sc2c(c1C)C(c1ccc(Cl)cc1)=N[C@@H](CC(=O)N1CCN(Cc3ccc(-n4c(-c5cc(C(C)C)c(O)cc5O)n[nH]c4=O)cc3)CC1)c1nnc(C)n1-2. The number of hydrogen-bond donors (Lipinski definition) is 4. The first kappa shape index (κ1) is 42.0. The van der Waals surface area contributed by atoms with Gasteiger partial charge in [-0.1, -0.05) is 49.7 Å². The van der Waals surface area contributed by atoms with Crippen LogP contribution >= 0.6 is 22.9 Å². The molecule has 1 saturated heterocycles. The molecule has 0 radical (unpaired) electrons. The number of hydrogen-bond acceptors (Lipinski definition) is 11. The highest BCUT2D eigenvalue weighted by Gasteiger charge is 2.34. The van der Waals surface area contributed by atoms with Gasteiger partial charge in [-0.05, 0) is 73.7 Å². The summed E-state index contributed by atoms with van der Waals surface area (Å²) in [5.41, 5.74) is 6.10. The number of nitrogens with zero attached hydrogens (tertiary/aromatic N) is 8. The van der Waals surface area contributed by atoms with Crippen molar-refractivity contribution in [1.29, 1.82) is 0 Å². The topological polar surface area (TPSA) is 195 Å². The number of phenols is 2. The van der Waals surface area contributed by atoms with Gasteiger partial charge in [0.25, 0.3) is 5.97 Å². The van der Waals surface area contributed by atoms with Crippen molar-refractivity contribution in [3.8, 4) is 33.6 Å². The molecule has 312 valence electrons. The second kappa shape index (κ2) is 17.2. The van der Waals surface area contributed by atoms with E-state index in [1.165, 1.54) is 15.5 Å². The smallest absolute Gasteiger partial charge is 0.348 e. The number of thiophene rings is 1. The Morgan fingerprint density at radius 3 is 2.25 bits per heavy atom. The van der Waals surface area contributed by atoms with Crippen LogP contribution in [-0.4, -0.2) is 98.4 Å². The van der Waals surface area contributed by atoms with E-state index in [-0.39, 0.29) is 35.6 Å². The highest BCUT2D eigenvalue weighted by atomic mass is 35.5. The predicted molar refractivity (Wildman–Crippen MR) is 230 cm³/mol. The molecule has 0 aliphatic carbocycles. The first-order chi connectivity index (χ1) is 28.6. The number of aromatic amines is 1. The van der Waals surface area contributed by atoms with Crippen LogP contribution in [0.2, 0.25) is 5.02 Å². The number of halogens is 1. The number of aliphatic imine (C=N–C) groups is 1. The molecule has 3 aromatic carbocycles. The van der Waals surface area contributed by atoms with Crippen LogP contribution in [0.15, 0.2) is 70.5 Å². The van der Waals surface area contributed by atoms with Crippen molar-refractivity contribution in [2.45, 2.75) is 66.5 Å². The maximum atomic E-state index is 14.0. The summed E-state index contributed by atoms with van der Waals surface area (Å²) >= 11 is 7.95. The van der Waals surface area contributed by atoms with Crippen LogP contribution in [0.3, 0.4) is 0 Å². The van der Waals surface area contributed by atoms with Gasteiger partial charge in [0.2, 0.25) is 5.91 Å². The summed E-state index contributed by atoms with van der Waals surface area (Å²) in [5.74, 6) is 0.652. The predicted octanol–water partition coefficient (Wildman–Crippen LogP) is 6.70. The number of piperazine rings is 1. The molecule has 17 heteroatoms. The van der Waals surface area contributed by atoms with Gasteiger partial charge in [0.15, 0.2) is 11.6 Å². The maximum absolute atomic E-state index is 14.0. The van der Waals surface area contributed by atoms with Gasteiger partial charge >= 0.3 is 5.69 Å². The summed E-state index contributed by atoms with van der Waals surface area (Å²) in [6, 6.07) is 17.7. The van der Waals surface area contributed by atoms with E-state index in [2.05, 4.69) is 43.7 Å². The maximum Gasteiger partial charge on any atom is 0.348 e. The van der Waals surface area contributed by atoms with Gasteiger partial charge in [-0.2, -0.15) is 5.10 Å². The van der Waals surface area contributed by atoms with E-state index >= 15 is 0 Å². The minimum absolute atomic E-state index is 0.00589. The van der Waals surface area contributed by atoms with E-state index in [1.54, 1.807) is 17.4 Å². The van der Waals surface area contributed by atoms with Crippen molar-refractivity contribution in [2.75, 3.05) is 26.2 Å². The first-order valence-electron chi connectivity index (χ1n) is 19.5. The van der Waals surface area contributed by atoms with Crippen LogP contribution in [0.25, 0.3) is 22.1 Å². The lowest BCUT2D eigenvalue weighted by molar-refractivity contribution is -0.135. The molecule has 1 fully saturated rings. The summed E-state index contributed by atoms with van der Waals surface area (Å²) in [6.07, 6.45) is 0.166. The molecule has 4 N–H and O–H groups in total. The Kier molecular flexibility index (Phi) is 12.1. The summed E-state index contributed by atoms with van der Waals surface area (Å²) < 4.78 is 3.48. The van der Waals surface area contributed by atoms with E-state index < -0.39 is 17.7 Å². The third-order valence-corrected chi connectivity index (χ3v) is 12.2. The molecule has 15 nitrogen and oxygen atoms in total. The zero-order chi connectivity index (χ0) is 43.0. The zero-order valence-electron chi connectivity index (χ0n) is 34.1. The van der Waals surface area contributed by atoms with Crippen molar-refractivity contribution in [1.82, 2.24) is 39.3 Å². The molecule has 0 spiro atoms. The average Bonchev–Trinajstić information content (AvgIpc) is 3.84. The van der Waals surface area contributed by atoms with Crippen LogP contribution in [0.5, 0.6) is 11.5 Å². The Morgan fingerprint density at radius 1 is 0.933 bits per heavy atom. The lowest BCUT2D eigenvalue weighted by Gasteiger charge is -2.35. The molecule has 1 amide bonds. The number of fused-ring (bicyclic) bond motifs is 3. The summed E-state index contributed by atoms with van der Waals surface area (Å²) in [4.78, 5) is 46.6. The monoisotopic (exact) mass is 851 g/mol. The first-order valence-corrected chi connectivity index (χ1v) is 20.7. The molecule has 8 rings (SSSR count). The second-order valence-corrected chi connectivity index (χ2v) is 16.9. The number of carboxylic acids is 1. The van der Waals surface area contributed by atoms with Gasteiger partial charge in [-0.15, -0.1) is 21.5 Å². The molecule has 3 aromatic heterocycles. The van der Waals surface area contributed by atoms with Crippen molar-refractivity contribution >= 4 is 40.5 Å². The second-order valence-electron chi connectivity index (χ2n) is 15.2. The number of amides is 1. The molecule has 0 bridgehead atoms. The molecular weight excluding hydrogens is 806 g/mol. The third kappa shape index (κ3) is 8.48. The fourth-order valence-electron chi connectivity index (χ4n) is 7.54. The Bertz CT molecular complexity index is 2650. The highest BCUT2D eigenvalue weighted by molar-refractivity contribution is 7.15. The van der Waals surface area contributed by atoms with Gasteiger partial charge < -0.3 is 20.2 Å². The molecule has 5 heterocycles. The van der Waals surface area contributed by atoms with Gasteiger partial charge in [-0.3, -0.25) is 24.0 Å². The highest BCUT2D eigenvalue weighted by Crippen LogP contribution is 2.40. The number of nitrogens with one attached hydrogen (secondary N) is 1. The van der Waals surface area contributed by atoms with Crippen molar-refractivity contribution in [3.63, 3.8) is 0 Å². The number of aliphatic carboxylic acids is 1. The van der Waals surface area contributed by atoms with Gasteiger partial charge in [0.1, 0.15) is 28.4 Å². The average molecular weight is 852 g/mol. The number of phenolic OH excluding ortho intramolecular Hbond substituents is 2. The number of carbonyl (C=O) groups excluding carboxylic acids is 1. The summed E-state index contributed by atoms with van der Waals surface area (Å²) in [6.45, 7) is 14.3. The van der Waals surface area contributed by atoms with Crippen LogP contribution in [-0.2, 0) is 16.1 Å². The number of benzene rings is 3. The molecule has 60 heavy (non-hydrogen) atoms. The summed E-state index contributed by atoms with van der Waals surface area (Å²) in [7, 11) is 0. The number of carboxylic acid groups (broad SMARTS) is 1. The van der Waals surface area contributed by atoms with Crippen LogP contribution < -0.4 is 5.69 Å². The van der Waals surface area contributed by atoms with E-state index in [1.807, 2.05) is 74.2 Å². The minimum Gasteiger partial charge on any atom is -0.508 e. The molecule has 1 atom stereocenters. The molecule has 2 aliphatic rings. The number of carbonyl (C=O) groups is 2. The fourth-order valence-corrected chi connectivity index (χ4v) is 8.88. The Balaban J connectivity index is 0.00000130. The van der Waals surface area contributed by atoms with E-state index in [9.17, 15) is 19.8 Å². The minimum atomic E-state index is -0.833. The Labute approximate surface area is 355 Å². The van der Waals surface area contributed by atoms with Crippen LogP contribution in [0.1, 0.15) is 83.5 Å². The number of aromatic hydroxyl groups is 2. The van der Waals surface area contributed by atoms with E-state index in [0.29, 0.717) is 60.4 Å². The van der Waals surface area contributed by atoms with E-state index in [4.69, 9.17) is 26.5 Å². The van der Waals surface area contributed by atoms with E-state index in [0.717, 1.165) is 45.7 Å². The van der Waals surface area contributed by atoms with Crippen LogP contribution in [0, 0.1) is 20.8 Å². The molecule has 0 saturated carbocycles. The lowest BCUT2D eigenvalue weighted by atomic mass is 9.98. The lowest BCUT2D eigenvalue weighted by Crippen LogP contribution is -2.48. The zero-order valence-corrected chi connectivity index (χ0v) is 35.7.